The van der Waals surface area contributed by atoms with E-state index in [0.717, 1.165) is 72.7 Å². The quantitative estimate of drug-likeness (QED) is 0.186. The number of aromatic hydroxyl groups is 2. The van der Waals surface area contributed by atoms with Gasteiger partial charge in [-0.15, -0.1) is 11.3 Å². The smallest absolute Gasteiger partial charge is 0.258 e. The van der Waals surface area contributed by atoms with Gasteiger partial charge in [-0.25, -0.2) is 19.9 Å². The third kappa shape index (κ3) is 7.58. The van der Waals surface area contributed by atoms with Crippen LogP contribution in [0, 0.1) is 5.92 Å². The number of fused-ring (bicyclic) bond motifs is 2. The number of amides is 2. The van der Waals surface area contributed by atoms with Crippen LogP contribution < -0.4 is 15.4 Å². The monoisotopic (exact) mass is 805 g/mol. The number of carbonyl (C=O) groups excluding carboxylic acids is 2. The van der Waals surface area contributed by atoms with E-state index >= 15 is 0 Å². The molecular weight excluding hydrogens is 759 g/mol. The van der Waals surface area contributed by atoms with Crippen LogP contribution in [-0.4, -0.2) is 115 Å². The summed E-state index contributed by atoms with van der Waals surface area (Å²) in [5, 5.41) is 20.7. The number of phenols is 2. The van der Waals surface area contributed by atoms with E-state index in [2.05, 4.69) is 25.8 Å². The standard InChI is InChI=1S/C42H47N9O6S/c1-24(2)32-15-33(36(53)16-35(32)52)41(55)50-19-26-3-4-29(13-27(26)20-50)57-30-21-51(22-30)40(54)25-5-7-48(8-6-25)23-31-14-34-37(58-31)39(49-9-11-56-12-10-49)47-38(46-34)28-17-44-42(43)45-18-28/h3-4,13-18,24-25,30,52-53H,5-12,19-23H2,1-2H3,(H2,43,44,45). The molecule has 3 saturated heterocycles. The van der Waals surface area contributed by atoms with Crippen LogP contribution in [-0.2, 0) is 29.2 Å². The van der Waals surface area contributed by atoms with Crippen LogP contribution in [0.4, 0.5) is 11.8 Å². The molecule has 0 saturated carbocycles. The number of carbonyl (C=O) groups is 2. The van der Waals surface area contributed by atoms with Crippen molar-refractivity contribution >= 4 is 45.1 Å². The summed E-state index contributed by atoms with van der Waals surface area (Å²) in [7, 11) is 0. The minimum absolute atomic E-state index is 0.00167. The number of hydrogen-bond donors (Lipinski definition) is 3. The highest BCUT2D eigenvalue weighted by atomic mass is 32.1. The Labute approximate surface area is 340 Å². The Morgan fingerprint density at radius 2 is 1.67 bits per heavy atom. The normalized spacial score (nSPS) is 17.9. The Bertz CT molecular complexity index is 2350. The molecule has 58 heavy (non-hydrogen) atoms. The van der Waals surface area contributed by atoms with Gasteiger partial charge in [0.1, 0.15) is 23.4 Å². The van der Waals surface area contributed by atoms with Gasteiger partial charge in [0, 0.05) is 62.0 Å². The Morgan fingerprint density at radius 3 is 2.41 bits per heavy atom. The number of nitrogens with zero attached hydrogens (tertiary/aromatic N) is 8. The maximum absolute atomic E-state index is 13.5. The van der Waals surface area contributed by atoms with Crippen molar-refractivity contribution in [1.29, 1.82) is 0 Å². The lowest BCUT2D eigenvalue weighted by atomic mass is 9.93. The first-order chi connectivity index (χ1) is 28.1. The Balaban J connectivity index is 0.772. The zero-order valence-electron chi connectivity index (χ0n) is 32.6. The van der Waals surface area contributed by atoms with Crippen molar-refractivity contribution in [3.05, 3.63) is 75.9 Å². The fourth-order valence-corrected chi connectivity index (χ4v) is 9.46. The molecule has 0 radical (unpaired) electrons. The molecule has 0 aliphatic carbocycles. The van der Waals surface area contributed by atoms with Gasteiger partial charge in [-0.1, -0.05) is 19.9 Å². The molecule has 0 bridgehead atoms. The van der Waals surface area contributed by atoms with E-state index in [-0.39, 0.29) is 52.8 Å². The van der Waals surface area contributed by atoms with E-state index in [1.165, 1.54) is 10.9 Å². The second kappa shape index (κ2) is 15.6. The van der Waals surface area contributed by atoms with Crippen molar-refractivity contribution in [3.63, 3.8) is 0 Å². The number of anilines is 2. The summed E-state index contributed by atoms with van der Waals surface area (Å²) < 4.78 is 13.0. The summed E-state index contributed by atoms with van der Waals surface area (Å²) in [5.41, 5.74) is 10.2. The number of nitrogens with two attached hydrogens (primary N) is 1. The van der Waals surface area contributed by atoms with Gasteiger partial charge in [0.2, 0.25) is 11.9 Å². The number of benzene rings is 2. The molecule has 4 aliphatic rings. The van der Waals surface area contributed by atoms with Crippen molar-refractivity contribution in [2.24, 2.45) is 5.92 Å². The highest BCUT2D eigenvalue weighted by Crippen LogP contribution is 2.37. The summed E-state index contributed by atoms with van der Waals surface area (Å²) in [4.78, 5) is 54.6. The summed E-state index contributed by atoms with van der Waals surface area (Å²) in [6, 6.07) is 10.9. The number of thiophene rings is 1. The SMILES string of the molecule is CC(C)c1cc(C(=O)N2Cc3ccc(OC4CN(C(=O)C5CCN(Cc6cc7nc(-c8cnc(N)nc8)nc(N8CCOCC8)c7s6)CC5)C4)cc3C2)c(O)cc1O. The maximum atomic E-state index is 13.5. The molecule has 2 aromatic carbocycles. The second-order valence-corrected chi connectivity index (χ2v) is 17.1. The van der Waals surface area contributed by atoms with Crippen molar-refractivity contribution < 1.29 is 29.3 Å². The van der Waals surface area contributed by atoms with Gasteiger partial charge in [0.05, 0.1) is 47.6 Å². The van der Waals surface area contributed by atoms with Crippen molar-refractivity contribution in [2.45, 2.75) is 58.3 Å². The zero-order valence-corrected chi connectivity index (χ0v) is 33.5. The molecule has 3 aromatic heterocycles. The molecule has 4 N–H and O–H groups in total. The number of nitrogen functional groups attached to an aromatic ring is 1. The van der Waals surface area contributed by atoms with Crippen LogP contribution in [0.5, 0.6) is 17.2 Å². The van der Waals surface area contributed by atoms with E-state index in [0.29, 0.717) is 62.1 Å². The lowest BCUT2D eigenvalue weighted by molar-refractivity contribution is -0.146. The van der Waals surface area contributed by atoms with E-state index in [1.807, 2.05) is 36.9 Å². The van der Waals surface area contributed by atoms with Crippen LogP contribution in [0.1, 0.15) is 64.5 Å². The molecule has 0 atom stereocenters. The fourth-order valence-electron chi connectivity index (χ4n) is 8.30. The van der Waals surface area contributed by atoms with Gasteiger partial charge in [0.15, 0.2) is 11.6 Å². The van der Waals surface area contributed by atoms with Gasteiger partial charge >= 0.3 is 0 Å². The Kier molecular flexibility index (Phi) is 10.2. The van der Waals surface area contributed by atoms with E-state index in [4.69, 9.17) is 25.2 Å². The summed E-state index contributed by atoms with van der Waals surface area (Å²) >= 11 is 1.73. The van der Waals surface area contributed by atoms with Gasteiger partial charge in [-0.3, -0.25) is 14.5 Å². The molecule has 15 nitrogen and oxygen atoms in total. The largest absolute Gasteiger partial charge is 0.508 e. The van der Waals surface area contributed by atoms with Crippen LogP contribution in [0.3, 0.4) is 0 Å². The average molecular weight is 806 g/mol. The highest BCUT2D eigenvalue weighted by molar-refractivity contribution is 7.19. The summed E-state index contributed by atoms with van der Waals surface area (Å²) in [5.74, 6) is 2.05. The molecule has 7 heterocycles. The first kappa shape index (κ1) is 38.0. The predicted octanol–water partition coefficient (Wildman–Crippen LogP) is 4.76. The molecule has 302 valence electrons. The Morgan fingerprint density at radius 1 is 0.931 bits per heavy atom. The van der Waals surface area contributed by atoms with Crippen molar-refractivity contribution in [1.82, 2.24) is 34.6 Å². The molecule has 0 spiro atoms. The van der Waals surface area contributed by atoms with Crippen molar-refractivity contribution in [3.8, 4) is 28.6 Å². The van der Waals surface area contributed by atoms with E-state index < -0.39 is 0 Å². The van der Waals surface area contributed by atoms with Gasteiger partial charge in [-0.05, 0) is 72.8 Å². The minimum Gasteiger partial charge on any atom is -0.508 e. The number of hydrogen-bond acceptors (Lipinski definition) is 14. The minimum atomic E-state index is -0.286. The summed E-state index contributed by atoms with van der Waals surface area (Å²) in [6.45, 7) is 11.1. The highest BCUT2D eigenvalue weighted by Gasteiger charge is 2.37. The van der Waals surface area contributed by atoms with E-state index in [1.54, 1.807) is 34.7 Å². The van der Waals surface area contributed by atoms with Crippen LogP contribution in [0.15, 0.2) is 48.8 Å². The molecule has 9 rings (SSSR count). The molecule has 3 fully saturated rings. The maximum Gasteiger partial charge on any atom is 0.258 e. The third-order valence-electron chi connectivity index (χ3n) is 11.6. The first-order valence-electron chi connectivity index (χ1n) is 19.9. The van der Waals surface area contributed by atoms with Crippen LogP contribution in [0.2, 0.25) is 0 Å². The van der Waals surface area contributed by atoms with Crippen molar-refractivity contribution in [2.75, 3.05) is 63.1 Å². The predicted molar refractivity (Wildman–Crippen MR) is 219 cm³/mol. The second-order valence-electron chi connectivity index (χ2n) is 15.9. The third-order valence-corrected chi connectivity index (χ3v) is 12.7. The number of morpholine rings is 1. The number of ether oxygens (including phenoxy) is 2. The van der Waals surface area contributed by atoms with Gasteiger partial charge < -0.3 is 40.1 Å². The topological polar surface area (TPSA) is 184 Å². The Hall–Kier alpha value is -5.58. The molecular formula is C42H47N9O6S. The molecule has 2 amide bonds. The van der Waals surface area contributed by atoms with E-state index in [9.17, 15) is 19.8 Å². The molecule has 16 heteroatoms. The molecule has 4 aliphatic heterocycles. The van der Waals surface area contributed by atoms with Gasteiger partial charge in [0.25, 0.3) is 5.91 Å². The van der Waals surface area contributed by atoms with Crippen LogP contribution in [0.25, 0.3) is 21.6 Å². The number of aromatic nitrogens is 4. The lowest BCUT2D eigenvalue weighted by Crippen LogP contribution is -2.58. The zero-order chi connectivity index (χ0) is 40.1. The number of piperidine rings is 1. The molecule has 5 aromatic rings. The van der Waals surface area contributed by atoms with Gasteiger partial charge in [-0.2, -0.15) is 0 Å². The lowest BCUT2D eigenvalue weighted by Gasteiger charge is -2.42. The number of phenolic OH excluding ortho intramolecular Hbond substituents is 2. The average Bonchev–Trinajstić information content (AvgIpc) is 3.83. The molecule has 0 unspecified atom stereocenters. The first-order valence-corrected chi connectivity index (χ1v) is 20.7. The number of likely N-dealkylation sites (tertiary alicyclic amines) is 2. The summed E-state index contributed by atoms with van der Waals surface area (Å²) in [6.07, 6.45) is 4.85. The number of rotatable bonds is 9. The van der Waals surface area contributed by atoms with Crippen LogP contribution >= 0.6 is 11.3 Å². The fraction of sp³-hybridized carbons (Fsp3) is 0.429.